The molecule has 1 aromatic carbocycles. The molecule has 0 N–H and O–H groups in total. The van der Waals surface area contributed by atoms with E-state index in [1.165, 1.54) is 0 Å². The summed E-state index contributed by atoms with van der Waals surface area (Å²) in [4.78, 5) is 16.6. The highest BCUT2D eigenvalue weighted by atomic mass is 16.5. The van der Waals surface area contributed by atoms with Crippen molar-refractivity contribution in [2.24, 2.45) is 0 Å². The van der Waals surface area contributed by atoms with Gasteiger partial charge in [0, 0.05) is 17.1 Å². The molecule has 0 spiro atoms. The number of carbonyl (C=O) groups is 1. The van der Waals surface area contributed by atoms with Crippen molar-refractivity contribution in [1.82, 2.24) is 10.1 Å². The minimum atomic E-state index is -0.413. The van der Waals surface area contributed by atoms with E-state index >= 15 is 0 Å². The van der Waals surface area contributed by atoms with Crippen LogP contribution in [0.4, 0.5) is 0 Å². The van der Waals surface area contributed by atoms with Gasteiger partial charge in [0.15, 0.2) is 0 Å². The van der Waals surface area contributed by atoms with Crippen LogP contribution in [0.1, 0.15) is 34.3 Å². The molecule has 112 valence electrons. The Morgan fingerprint density at radius 1 is 1.27 bits per heavy atom. The summed E-state index contributed by atoms with van der Waals surface area (Å²) in [7, 11) is 0. The van der Waals surface area contributed by atoms with Gasteiger partial charge < -0.3 is 9.26 Å². The number of rotatable bonds is 4. The average molecular weight is 296 g/mol. The molecule has 0 amide bonds. The molecule has 3 aromatic rings. The van der Waals surface area contributed by atoms with Crippen LogP contribution in [0.2, 0.25) is 0 Å². The quantitative estimate of drug-likeness (QED) is 0.690. The van der Waals surface area contributed by atoms with E-state index in [1.54, 1.807) is 13.1 Å². The second-order valence-corrected chi connectivity index (χ2v) is 4.98. The number of hydrogen-bond donors (Lipinski definition) is 0. The lowest BCUT2D eigenvalue weighted by atomic mass is 10.1. The van der Waals surface area contributed by atoms with Gasteiger partial charge in [0.05, 0.1) is 11.2 Å². The van der Waals surface area contributed by atoms with E-state index in [4.69, 9.17) is 9.26 Å². The van der Waals surface area contributed by atoms with Gasteiger partial charge in [-0.15, -0.1) is 0 Å². The van der Waals surface area contributed by atoms with Crippen LogP contribution in [0.3, 0.4) is 0 Å². The SMILES string of the molecule is CCc1noc(C)c1C(=O)OCc1cccc2cccnc12. The number of esters is 1. The lowest BCUT2D eigenvalue weighted by Gasteiger charge is -2.07. The Hall–Kier alpha value is -2.69. The van der Waals surface area contributed by atoms with Gasteiger partial charge >= 0.3 is 5.97 Å². The van der Waals surface area contributed by atoms with Gasteiger partial charge in [0.1, 0.15) is 17.9 Å². The molecule has 0 atom stereocenters. The van der Waals surface area contributed by atoms with Gasteiger partial charge in [0.2, 0.25) is 0 Å². The smallest absolute Gasteiger partial charge is 0.344 e. The molecule has 0 radical (unpaired) electrons. The fourth-order valence-electron chi connectivity index (χ4n) is 2.42. The lowest BCUT2D eigenvalue weighted by Crippen LogP contribution is -2.08. The number of ether oxygens (including phenoxy) is 1. The first-order chi connectivity index (χ1) is 10.7. The van der Waals surface area contributed by atoms with E-state index in [2.05, 4.69) is 10.1 Å². The molecule has 0 saturated carbocycles. The number of hydrogen-bond acceptors (Lipinski definition) is 5. The van der Waals surface area contributed by atoms with Crippen molar-refractivity contribution in [3.63, 3.8) is 0 Å². The van der Waals surface area contributed by atoms with Crippen LogP contribution in [0.5, 0.6) is 0 Å². The predicted molar refractivity (Wildman–Crippen MR) is 81.5 cm³/mol. The van der Waals surface area contributed by atoms with E-state index in [-0.39, 0.29) is 6.61 Å². The van der Waals surface area contributed by atoms with Gasteiger partial charge in [0.25, 0.3) is 0 Å². The van der Waals surface area contributed by atoms with Crippen LogP contribution in [0, 0.1) is 6.92 Å². The van der Waals surface area contributed by atoms with Gasteiger partial charge in [-0.05, 0) is 19.4 Å². The third kappa shape index (κ3) is 2.57. The summed E-state index contributed by atoms with van der Waals surface area (Å²) in [6.45, 7) is 3.80. The monoisotopic (exact) mass is 296 g/mol. The molecule has 3 rings (SSSR count). The molecule has 0 fully saturated rings. The maximum Gasteiger partial charge on any atom is 0.344 e. The Balaban J connectivity index is 1.82. The number of aromatic nitrogens is 2. The van der Waals surface area contributed by atoms with Crippen molar-refractivity contribution >= 4 is 16.9 Å². The molecule has 2 heterocycles. The van der Waals surface area contributed by atoms with Crippen molar-refractivity contribution in [3.8, 4) is 0 Å². The zero-order valence-electron chi connectivity index (χ0n) is 12.5. The van der Waals surface area contributed by atoms with E-state index in [0.717, 1.165) is 16.5 Å². The minimum Gasteiger partial charge on any atom is -0.457 e. The zero-order valence-corrected chi connectivity index (χ0v) is 12.5. The molecular weight excluding hydrogens is 280 g/mol. The van der Waals surface area contributed by atoms with Crippen LogP contribution in [0.15, 0.2) is 41.1 Å². The van der Waals surface area contributed by atoms with Crippen LogP contribution < -0.4 is 0 Å². The van der Waals surface area contributed by atoms with Gasteiger partial charge in [-0.3, -0.25) is 4.98 Å². The zero-order chi connectivity index (χ0) is 15.5. The first kappa shape index (κ1) is 14.3. The van der Waals surface area contributed by atoms with Crippen molar-refractivity contribution in [2.75, 3.05) is 0 Å². The number of benzene rings is 1. The van der Waals surface area contributed by atoms with Crippen LogP contribution >= 0.6 is 0 Å². The standard InChI is InChI=1S/C17H16N2O3/c1-3-14-15(11(2)22-19-14)17(20)21-10-13-7-4-6-12-8-5-9-18-16(12)13/h4-9H,3,10H2,1-2H3. The number of carbonyl (C=O) groups excluding carboxylic acids is 1. The van der Waals surface area contributed by atoms with E-state index < -0.39 is 5.97 Å². The van der Waals surface area contributed by atoms with Gasteiger partial charge in [-0.25, -0.2) is 4.79 Å². The van der Waals surface area contributed by atoms with Crippen LogP contribution in [-0.4, -0.2) is 16.1 Å². The predicted octanol–water partition coefficient (Wildman–Crippen LogP) is 3.45. The van der Waals surface area contributed by atoms with Gasteiger partial charge in [-0.1, -0.05) is 36.3 Å². The second-order valence-electron chi connectivity index (χ2n) is 4.98. The van der Waals surface area contributed by atoms with Crippen molar-refractivity contribution < 1.29 is 14.1 Å². The average Bonchev–Trinajstić information content (AvgIpc) is 2.93. The summed E-state index contributed by atoms with van der Waals surface area (Å²) in [5, 5.41) is 4.89. The van der Waals surface area contributed by atoms with Crippen molar-refractivity contribution in [3.05, 3.63) is 59.1 Å². The topological polar surface area (TPSA) is 65.2 Å². The highest BCUT2D eigenvalue weighted by Crippen LogP contribution is 2.19. The summed E-state index contributed by atoms with van der Waals surface area (Å²) in [6.07, 6.45) is 2.35. The summed E-state index contributed by atoms with van der Waals surface area (Å²) in [5.74, 6) is 0.0708. The molecule has 2 aromatic heterocycles. The molecule has 0 aliphatic carbocycles. The Labute approximate surface area is 127 Å². The molecule has 22 heavy (non-hydrogen) atoms. The third-order valence-electron chi connectivity index (χ3n) is 3.55. The second kappa shape index (κ2) is 5.97. The summed E-state index contributed by atoms with van der Waals surface area (Å²) in [5.41, 5.74) is 2.77. The first-order valence-electron chi connectivity index (χ1n) is 7.15. The largest absolute Gasteiger partial charge is 0.457 e. The number of nitrogens with zero attached hydrogens (tertiary/aromatic N) is 2. The maximum absolute atomic E-state index is 12.3. The van der Waals surface area contributed by atoms with Crippen molar-refractivity contribution in [2.45, 2.75) is 26.9 Å². The maximum atomic E-state index is 12.3. The third-order valence-corrected chi connectivity index (χ3v) is 3.55. The Morgan fingerprint density at radius 2 is 2.09 bits per heavy atom. The summed E-state index contributed by atoms with van der Waals surface area (Å²) >= 11 is 0. The number of fused-ring (bicyclic) bond motifs is 1. The lowest BCUT2D eigenvalue weighted by molar-refractivity contribution is 0.0471. The van der Waals surface area contributed by atoms with Crippen molar-refractivity contribution in [1.29, 1.82) is 0 Å². The summed E-state index contributed by atoms with van der Waals surface area (Å²) < 4.78 is 10.5. The number of aryl methyl sites for hydroxylation is 2. The highest BCUT2D eigenvalue weighted by molar-refractivity contribution is 5.91. The molecule has 5 heteroatoms. The molecule has 0 bridgehead atoms. The van der Waals surface area contributed by atoms with Crippen LogP contribution in [-0.2, 0) is 17.8 Å². The van der Waals surface area contributed by atoms with E-state index in [0.29, 0.717) is 23.4 Å². The van der Waals surface area contributed by atoms with E-state index in [1.807, 2.05) is 37.3 Å². The number of para-hydroxylation sites is 1. The molecule has 0 aliphatic rings. The molecular formula is C17H16N2O3. The summed E-state index contributed by atoms with van der Waals surface area (Å²) in [6, 6.07) is 9.67. The molecule has 0 aliphatic heterocycles. The Bertz CT molecular complexity index is 818. The normalized spacial score (nSPS) is 10.8. The van der Waals surface area contributed by atoms with E-state index in [9.17, 15) is 4.79 Å². The Morgan fingerprint density at radius 3 is 2.91 bits per heavy atom. The minimum absolute atomic E-state index is 0.168. The fraction of sp³-hybridized carbons (Fsp3) is 0.235. The molecule has 5 nitrogen and oxygen atoms in total. The highest BCUT2D eigenvalue weighted by Gasteiger charge is 2.20. The number of pyridine rings is 1. The Kier molecular flexibility index (Phi) is 3.87. The van der Waals surface area contributed by atoms with Gasteiger partial charge in [-0.2, -0.15) is 0 Å². The fourth-order valence-corrected chi connectivity index (χ4v) is 2.42. The molecule has 0 saturated heterocycles. The first-order valence-corrected chi connectivity index (χ1v) is 7.15. The molecule has 0 unspecified atom stereocenters. The van der Waals surface area contributed by atoms with Crippen LogP contribution in [0.25, 0.3) is 10.9 Å².